The Hall–Kier alpha value is -3.64. The van der Waals surface area contributed by atoms with Crippen LogP contribution < -0.4 is 29.6 Å². The summed E-state index contributed by atoms with van der Waals surface area (Å²) in [7, 11) is 0. The zero-order valence-electron chi connectivity index (χ0n) is 14.1. The fourth-order valence-electron chi connectivity index (χ4n) is 0. The summed E-state index contributed by atoms with van der Waals surface area (Å²) in [5, 5.41) is 99.9. The molecule has 0 bridgehead atoms. The van der Waals surface area contributed by atoms with Crippen molar-refractivity contribution in [1.82, 2.24) is 0 Å². The monoisotopic (exact) mass is 521 g/mol. The van der Waals surface area contributed by atoms with E-state index >= 15 is 0 Å². The molecule has 0 fully saturated rings. The van der Waals surface area contributed by atoms with Crippen LogP contribution in [0.15, 0.2) is 0 Å². The fraction of sp³-hybridized carbons (Fsp3) is 0. The van der Waals surface area contributed by atoms with Crippen molar-refractivity contribution in [3.63, 3.8) is 0 Å². The Bertz CT molecular complexity index is 321. The van der Waals surface area contributed by atoms with Gasteiger partial charge in [0.25, 0.3) is 15.3 Å². The molecule has 0 aliphatic heterocycles. The van der Waals surface area contributed by atoms with Gasteiger partial charge in [0.05, 0.1) is 20.3 Å². The SMILES string of the molecule is O=[N+]([O-])O.O=[N+]([O-])O.O=[N+]([O-])O.O=[N+]([O-])[O-].O=[N+]([O-])[O-].O=[N+]([O-])[O-].O=[N+]([O-])[O-].P.[Al+3].[Na+]. The number of hydrogen-bond acceptors (Lipinski definition) is 18. The van der Waals surface area contributed by atoms with E-state index in [1.807, 2.05) is 0 Å². The van der Waals surface area contributed by atoms with E-state index in [0.717, 1.165) is 0 Å². The van der Waals surface area contributed by atoms with Gasteiger partial charge in [-0.25, -0.2) is 0 Å². The van der Waals surface area contributed by atoms with Gasteiger partial charge in [0.2, 0.25) is 0 Å². The second-order valence-corrected chi connectivity index (χ2v) is 1.61. The van der Waals surface area contributed by atoms with Gasteiger partial charge < -0.3 is 76.9 Å². The van der Waals surface area contributed by atoms with Crippen LogP contribution in [0.2, 0.25) is 0 Å². The minimum absolute atomic E-state index is 0. The molecule has 1 atom stereocenters. The Morgan fingerprint density at radius 1 is 0.387 bits per heavy atom. The largest absolute Gasteiger partial charge is 3.00 e. The minimum atomic E-state index is -1.75. The summed E-state index contributed by atoms with van der Waals surface area (Å²) in [6.07, 6.45) is 0. The van der Waals surface area contributed by atoms with Crippen molar-refractivity contribution >= 4 is 27.3 Å². The molecule has 1 unspecified atom stereocenters. The van der Waals surface area contributed by atoms with Gasteiger partial charge in [-0.2, -0.15) is 9.90 Å². The average molecular weight is 521 g/mol. The molecule has 0 aromatic carbocycles. The van der Waals surface area contributed by atoms with E-state index < -0.39 is 35.6 Å². The summed E-state index contributed by atoms with van der Waals surface area (Å²) in [6, 6.07) is 0. The Morgan fingerprint density at radius 2 is 0.387 bits per heavy atom. The third-order valence-electron chi connectivity index (χ3n) is 0. The predicted molar refractivity (Wildman–Crippen MR) is 84.6 cm³/mol. The zero-order chi connectivity index (χ0) is 25.0. The molecule has 0 spiro atoms. The molecule has 0 aliphatic carbocycles. The number of rotatable bonds is 0. The van der Waals surface area contributed by atoms with E-state index in [0.29, 0.717) is 0 Å². The molecule has 0 heterocycles. The predicted octanol–water partition coefficient (Wildman–Crippen LogP) is -5.32. The van der Waals surface area contributed by atoms with Crippen molar-refractivity contribution in [2.75, 3.05) is 0 Å². The fourth-order valence-corrected chi connectivity index (χ4v) is 0. The third-order valence-corrected chi connectivity index (χ3v) is 0. The maximum atomic E-state index is 8.36. The van der Waals surface area contributed by atoms with Gasteiger partial charge in [-0.05, 0) is 0 Å². The zero-order valence-corrected chi connectivity index (χ0v) is 18.7. The van der Waals surface area contributed by atoms with Crippen LogP contribution in [-0.2, 0) is 0 Å². The second kappa shape index (κ2) is 56.3. The number of hydrogen-bond donors (Lipinski definition) is 3. The molecule has 0 amide bonds. The molecule has 31 heavy (non-hydrogen) atoms. The van der Waals surface area contributed by atoms with Crippen molar-refractivity contribution < 1.29 is 80.8 Å². The van der Waals surface area contributed by atoms with Crippen molar-refractivity contribution in [3.05, 3.63) is 91.6 Å². The first kappa shape index (κ1) is 63.1. The van der Waals surface area contributed by atoms with Gasteiger partial charge in [-0.15, -0.1) is 30.3 Å². The van der Waals surface area contributed by atoms with E-state index in [1.54, 1.807) is 0 Å². The topological polar surface area (TPSA) is 455 Å². The molecule has 0 aromatic rings. The molecule has 0 saturated carbocycles. The molecular formula is H6AlN7NaO21P. The molecule has 28 nitrogen and oxygen atoms in total. The molecular weight excluding hydrogens is 515 g/mol. The minimum Gasteiger partial charge on any atom is -0.356 e. The summed E-state index contributed by atoms with van der Waals surface area (Å²) in [5.41, 5.74) is 0. The van der Waals surface area contributed by atoms with Crippen LogP contribution in [0.5, 0.6) is 0 Å². The molecule has 0 aliphatic rings. The third kappa shape index (κ3) is 1180. The van der Waals surface area contributed by atoms with Gasteiger partial charge in [0.1, 0.15) is 0 Å². The van der Waals surface area contributed by atoms with E-state index in [-0.39, 0.29) is 56.8 Å². The average Bonchev–Trinajstić information content (AvgIpc) is 2.20. The van der Waals surface area contributed by atoms with Crippen LogP contribution in [0.25, 0.3) is 0 Å². The second-order valence-electron chi connectivity index (χ2n) is 1.61. The Morgan fingerprint density at radius 3 is 0.387 bits per heavy atom. The first-order valence-electron chi connectivity index (χ1n) is 3.89. The van der Waals surface area contributed by atoms with Crippen LogP contribution in [-0.4, -0.2) is 68.6 Å². The molecule has 3 N–H and O–H groups in total. The van der Waals surface area contributed by atoms with Crippen molar-refractivity contribution in [2.24, 2.45) is 0 Å². The van der Waals surface area contributed by atoms with Crippen LogP contribution in [0.1, 0.15) is 0 Å². The molecule has 0 saturated heterocycles. The van der Waals surface area contributed by atoms with Crippen LogP contribution in [0.3, 0.4) is 0 Å². The molecule has 0 aromatic heterocycles. The molecule has 176 valence electrons. The Labute approximate surface area is 199 Å². The Balaban J connectivity index is -0.0000000204. The summed E-state index contributed by atoms with van der Waals surface area (Å²) in [6.45, 7) is 0. The van der Waals surface area contributed by atoms with Crippen LogP contribution in [0.4, 0.5) is 0 Å². The summed E-state index contributed by atoms with van der Waals surface area (Å²) >= 11 is 0. The molecule has 0 radical (unpaired) electrons. The smallest absolute Gasteiger partial charge is 0.356 e. The quantitative estimate of drug-likeness (QED) is 0.116. The van der Waals surface area contributed by atoms with Gasteiger partial charge in [-0.1, -0.05) is 0 Å². The van der Waals surface area contributed by atoms with Crippen LogP contribution >= 0.6 is 9.90 Å². The van der Waals surface area contributed by atoms with Crippen LogP contribution in [0, 0.1) is 91.6 Å². The van der Waals surface area contributed by atoms with Gasteiger partial charge >= 0.3 is 46.9 Å². The van der Waals surface area contributed by atoms with E-state index in [1.165, 1.54) is 0 Å². The maximum Gasteiger partial charge on any atom is 3.00 e. The first-order chi connectivity index (χ1) is 12.1. The van der Waals surface area contributed by atoms with Gasteiger partial charge in [-0.3, -0.25) is 0 Å². The summed E-state index contributed by atoms with van der Waals surface area (Å²) < 4.78 is 0. The number of nitrogens with zero attached hydrogens (tertiary/aromatic N) is 7. The summed E-state index contributed by atoms with van der Waals surface area (Å²) in [4.78, 5) is 58.1. The molecule has 0 rings (SSSR count). The van der Waals surface area contributed by atoms with E-state index in [9.17, 15) is 0 Å². The maximum absolute atomic E-state index is 8.36. The van der Waals surface area contributed by atoms with Crippen molar-refractivity contribution in [3.8, 4) is 0 Å². The standard InChI is InChI=1S/Al.3HNO3.4NO3.Na.H3P/c;7*2-1(3)4;;/h;3*(H,2,3,4);;;;;;1H3/q+3;;;;4*-1;+1;. The van der Waals surface area contributed by atoms with Gasteiger partial charge in [0.15, 0.2) is 0 Å². The Kier molecular flexibility index (Phi) is 114. The summed E-state index contributed by atoms with van der Waals surface area (Å²) in [5.74, 6) is 0. The van der Waals surface area contributed by atoms with Crippen molar-refractivity contribution in [1.29, 1.82) is 0 Å². The van der Waals surface area contributed by atoms with E-state index in [2.05, 4.69) is 0 Å². The van der Waals surface area contributed by atoms with Crippen molar-refractivity contribution in [2.45, 2.75) is 0 Å². The van der Waals surface area contributed by atoms with Gasteiger partial charge in [0, 0.05) is 0 Å². The van der Waals surface area contributed by atoms with E-state index in [4.69, 9.17) is 107 Å². The molecule has 31 heteroatoms. The normalized spacial score (nSPS) is 5.42. The first-order valence-corrected chi connectivity index (χ1v) is 3.89.